The quantitative estimate of drug-likeness (QED) is 0.644. The summed E-state index contributed by atoms with van der Waals surface area (Å²) in [6, 6.07) is 0.338. The van der Waals surface area contributed by atoms with Crippen molar-refractivity contribution >= 4 is 15.9 Å². The van der Waals surface area contributed by atoms with Gasteiger partial charge in [0.1, 0.15) is 5.78 Å². The average Bonchev–Trinajstić information content (AvgIpc) is 2.69. The predicted molar refractivity (Wildman–Crippen MR) is 78.4 cm³/mol. The Kier molecular flexibility index (Phi) is 4.25. The van der Waals surface area contributed by atoms with Crippen LogP contribution in [0.2, 0.25) is 0 Å². The van der Waals surface area contributed by atoms with E-state index >= 15 is 0 Å². The van der Waals surface area contributed by atoms with Gasteiger partial charge in [0, 0.05) is 19.0 Å². The molecule has 21 heavy (non-hydrogen) atoms. The van der Waals surface area contributed by atoms with Crippen LogP contribution in [0.3, 0.4) is 0 Å². The molecule has 1 unspecified atom stereocenters. The first kappa shape index (κ1) is 16.9. The van der Waals surface area contributed by atoms with Crippen LogP contribution in [0, 0.1) is 16.7 Å². The van der Waals surface area contributed by atoms with Crippen molar-refractivity contribution in [1.82, 2.24) is 5.32 Å². The van der Waals surface area contributed by atoms with Gasteiger partial charge in [-0.25, -0.2) is 0 Å². The fraction of sp³-hybridized carbons (Fsp3) is 0.929. The van der Waals surface area contributed by atoms with Crippen molar-refractivity contribution < 1.29 is 22.9 Å². The van der Waals surface area contributed by atoms with Gasteiger partial charge in [-0.1, -0.05) is 13.8 Å². The molecule has 2 saturated carbocycles. The molecule has 0 spiro atoms. The number of aliphatic hydroxyl groups is 1. The number of carbonyl (C=O) groups excluding carboxylic acids is 1. The number of ketones is 1. The Morgan fingerprint density at radius 1 is 1.38 bits per heavy atom. The lowest BCUT2D eigenvalue weighted by Gasteiger charge is -2.35. The third-order valence-electron chi connectivity index (χ3n) is 5.79. The van der Waals surface area contributed by atoms with E-state index in [1.54, 1.807) is 0 Å². The van der Waals surface area contributed by atoms with Gasteiger partial charge in [-0.2, -0.15) is 8.42 Å². The van der Waals surface area contributed by atoms with Crippen molar-refractivity contribution in [2.24, 2.45) is 16.7 Å². The van der Waals surface area contributed by atoms with Gasteiger partial charge in [-0.15, -0.1) is 0 Å². The molecular formula is C14H25NO5S. The Morgan fingerprint density at radius 2 is 1.95 bits per heavy atom. The number of fused-ring (bicyclic) bond motifs is 2. The average molecular weight is 319 g/mol. The summed E-state index contributed by atoms with van der Waals surface area (Å²) in [6.07, 6.45) is 1.89. The molecule has 122 valence electrons. The summed E-state index contributed by atoms with van der Waals surface area (Å²) in [7, 11) is -4.08. The first-order chi connectivity index (χ1) is 9.49. The first-order valence-electron chi connectivity index (χ1n) is 7.39. The molecule has 3 aliphatic rings. The van der Waals surface area contributed by atoms with E-state index in [0.717, 1.165) is 13.0 Å². The molecule has 3 fully saturated rings. The van der Waals surface area contributed by atoms with Crippen LogP contribution >= 0.6 is 0 Å². The Bertz CT molecular complexity index is 521. The predicted octanol–water partition coefficient (Wildman–Crippen LogP) is 0.609. The van der Waals surface area contributed by atoms with E-state index in [-0.39, 0.29) is 23.2 Å². The highest BCUT2D eigenvalue weighted by Crippen LogP contribution is 2.64. The second kappa shape index (κ2) is 5.30. The molecule has 7 heteroatoms. The van der Waals surface area contributed by atoms with E-state index in [1.165, 1.54) is 0 Å². The molecule has 0 amide bonds. The van der Waals surface area contributed by atoms with Crippen molar-refractivity contribution in [1.29, 1.82) is 0 Å². The summed E-state index contributed by atoms with van der Waals surface area (Å²) in [5, 5.41) is 11.7. The largest absolute Gasteiger partial charge is 0.390 e. The lowest BCUT2D eigenvalue weighted by atomic mass is 9.70. The van der Waals surface area contributed by atoms with Crippen molar-refractivity contribution in [2.75, 3.05) is 12.3 Å². The van der Waals surface area contributed by atoms with E-state index in [1.807, 2.05) is 20.8 Å². The van der Waals surface area contributed by atoms with Gasteiger partial charge < -0.3 is 10.4 Å². The van der Waals surface area contributed by atoms with E-state index in [0.29, 0.717) is 18.9 Å². The number of nitrogens with one attached hydrogen (secondary N) is 1. The molecule has 1 saturated heterocycles. The van der Waals surface area contributed by atoms with Crippen LogP contribution in [0.15, 0.2) is 0 Å². The minimum atomic E-state index is -4.08. The number of hydrogen-bond donors (Lipinski definition) is 3. The van der Waals surface area contributed by atoms with Gasteiger partial charge in [0.15, 0.2) is 0 Å². The summed E-state index contributed by atoms with van der Waals surface area (Å²) in [6.45, 7) is 6.64. The van der Waals surface area contributed by atoms with Crippen LogP contribution in [-0.4, -0.2) is 48.3 Å². The number of rotatable bonds is 2. The van der Waals surface area contributed by atoms with Gasteiger partial charge in [0.05, 0.1) is 17.3 Å². The zero-order valence-electron chi connectivity index (χ0n) is 12.8. The van der Waals surface area contributed by atoms with Gasteiger partial charge in [0.2, 0.25) is 0 Å². The monoisotopic (exact) mass is 319 g/mol. The number of hydrogen-bond acceptors (Lipinski definition) is 5. The molecule has 0 aromatic heterocycles. The molecule has 0 aromatic rings. The molecule has 3 N–H and O–H groups in total. The summed E-state index contributed by atoms with van der Waals surface area (Å²) >= 11 is 0. The lowest BCUT2D eigenvalue weighted by Crippen LogP contribution is -2.55. The van der Waals surface area contributed by atoms with Crippen LogP contribution in [0.4, 0.5) is 0 Å². The standard InChI is InChI=1S/C10H16O4S.C4H9NO/c1-9(2)7-3-4-10(9,8(11)5-7)6-15(12,13)14;1-3-4(6)2-5-3/h7H,3-6H2,1-2H3,(H,12,13,14);3-6H,2H2,1H3/t7?,10-;3-,4+/m00/s1. The Balaban J connectivity index is 0.000000225. The summed E-state index contributed by atoms with van der Waals surface area (Å²) in [4.78, 5) is 11.9. The molecule has 2 aliphatic carbocycles. The molecule has 4 atom stereocenters. The lowest BCUT2D eigenvalue weighted by molar-refractivity contribution is -0.128. The summed E-state index contributed by atoms with van der Waals surface area (Å²) in [5.74, 6) is -0.101. The molecule has 2 bridgehead atoms. The highest BCUT2D eigenvalue weighted by atomic mass is 32.2. The Hall–Kier alpha value is -0.500. The molecule has 0 radical (unpaired) electrons. The van der Waals surface area contributed by atoms with Gasteiger partial charge >= 0.3 is 0 Å². The van der Waals surface area contributed by atoms with Crippen LogP contribution in [0.5, 0.6) is 0 Å². The number of Topliss-reactive ketones (excluding diaryl/α,β-unsaturated/α-hetero) is 1. The third kappa shape index (κ3) is 2.88. The van der Waals surface area contributed by atoms with Crippen molar-refractivity contribution in [3.8, 4) is 0 Å². The van der Waals surface area contributed by atoms with Crippen molar-refractivity contribution in [3.05, 3.63) is 0 Å². The van der Waals surface area contributed by atoms with Gasteiger partial charge in [-0.05, 0) is 31.1 Å². The van der Waals surface area contributed by atoms with Crippen LogP contribution in [0.25, 0.3) is 0 Å². The fourth-order valence-corrected chi connectivity index (χ4v) is 5.18. The molecule has 6 nitrogen and oxygen atoms in total. The minimum absolute atomic E-state index is 0.0152. The van der Waals surface area contributed by atoms with Crippen LogP contribution in [0.1, 0.15) is 40.0 Å². The maximum absolute atomic E-state index is 11.9. The zero-order valence-corrected chi connectivity index (χ0v) is 13.6. The van der Waals surface area contributed by atoms with Crippen LogP contribution in [-0.2, 0) is 14.9 Å². The first-order valence-corrected chi connectivity index (χ1v) is 9.00. The van der Waals surface area contributed by atoms with E-state index in [9.17, 15) is 13.2 Å². The van der Waals surface area contributed by atoms with Crippen molar-refractivity contribution in [2.45, 2.75) is 52.2 Å². The van der Waals surface area contributed by atoms with E-state index < -0.39 is 21.3 Å². The van der Waals surface area contributed by atoms with Gasteiger partial charge in [-0.3, -0.25) is 9.35 Å². The maximum atomic E-state index is 11.9. The fourth-order valence-electron chi connectivity index (χ4n) is 3.88. The van der Waals surface area contributed by atoms with E-state index in [4.69, 9.17) is 9.66 Å². The zero-order chi connectivity index (χ0) is 16.1. The van der Waals surface area contributed by atoms with E-state index in [2.05, 4.69) is 5.32 Å². The van der Waals surface area contributed by atoms with Gasteiger partial charge in [0.25, 0.3) is 10.1 Å². The topological polar surface area (TPSA) is 104 Å². The SMILES string of the molecule is CC1(C)C2CC[C@]1(CS(=O)(=O)O)C(=O)C2.C[C@@H]1NC[C@H]1O. The second-order valence-corrected chi connectivity index (χ2v) is 8.61. The smallest absolute Gasteiger partial charge is 0.265 e. The Morgan fingerprint density at radius 3 is 2.19 bits per heavy atom. The second-order valence-electron chi connectivity index (χ2n) is 7.16. The minimum Gasteiger partial charge on any atom is -0.390 e. The van der Waals surface area contributed by atoms with Crippen molar-refractivity contribution in [3.63, 3.8) is 0 Å². The molecule has 1 heterocycles. The molecule has 3 rings (SSSR count). The van der Waals surface area contributed by atoms with Crippen LogP contribution < -0.4 is 5.32 Å². The number of β-amino-alcohol motifs (C(OH)–C–C–N with tert-alkyl or cyclic N) is 1. The summed E-state index contributed by atoms with van der Waals surface area (Å²) in [5.41, 5.74) is -1.12. The Labute approximate surface area is 126 Å². The summed E-state index contributed by atoms with van der Waals surface area (Å²) < 4.78 is 31.0. The maximum Gasteiger partial charge on any atom is 0.265 e. The molecular weight excluding hydrogens is 294 g/mol. The highest BCUT2D eigenvalue weighted by Gasteiger charge is 2.65. The normalized spacial score (nSPS) is 40.4. The number of carbonyl (C=O) groups is 1. The molecule has 1 aliphatic heterocycles. The third-order valence-corrected chi connectivity index (χ3v) is 6.65. The highest BCUT2D eigenvalue weighted by molar-refractivity contribution is 7.85. The molecule has 0 aromatic carbocycles. The number of aliphatic hydroxyl groups excluding tert-OH is 1.